The van der Waals surface area contributed by atoms with Gasteiger partial charge in [-0.2, -0.15) is 0 Å². The molecule has 3 unspecified atom stereocenters. The standard InChI is InChI=1S/C24H37FN4O3/c1-17(19-5-6-23(21(25)13-19)32-15-18-3-4-18)28-24(26-2)27-14-22(20-7-10-31-16-20)29-8-11-30-12-9-29/h5-6,13,17-18,20,22H,3-4,7-12,14-16H2,1-2H3,(H2,26,27,28). The fraction of sp³-hybridized carbons (Fsp3) is 0.708. The van der Waals surface area contributed by atoms with Gasteiger partial charge in [-0.15, -0.1) is 0 Å². The van der Waals surface area contributed by atoms with Crippen LogP contribution in [-0.2, 0) is 9.47 Å². The van der Waals surface area contributed by atoms with Crippen LogP contribution in [0, 0.1) is 17.7 Å². The van der Waals surface area contributed by atoms with Crippen molar-refractivity contribution in [1.29, 1.82) is 0 Å². The second-order valence-corrected chi connectivity index (χ2v) is 9.10. The maximum Gasteiger partial charge on any atom is 0.191 e. The van der Waals surface area contributed by atoms with Gasteiger partial charge in [-0.3, -0.25) is 9.89 Å². The van der Waals surface area contributed by atoms with Crippen LogP contribution in [0.2, 0.25) is 0 Å². The molecule has 0 bridgehead atoms. The molecular weight excluding hydrogens is 411 g/mol. The molecule has 1 saturated carbocycles. The molecular formula is C24H37FN4O3. The van der Waals surface area contributed by atoms with E-state index in [-0.39, 0.29) is 11.9 Å². The summed E-state index contributed by atoms with van der Waals surface area (Å²) in [5.74, 6) is 1.84. The Morgan fingerprint density at radius 3 is 2.69 bits per heavy atom. The molecule has 1 aromatic rings. The second-order valence-electron chi connectivity index (χ2n) is 9.10. The Morgan fingerprint density at radius 2 is 2.03 bits per heavy atom. The fourth-order valence-electron chi connectivity index (χ4n) is 4.44. The first-order chi connectivity index (χ1) is 15.6. The van der Waals surface area contributed by atoms with Crippen molar-refractivity contribution in [1.82, 2.24) is 15.5 Å². The van der Waals surface area contributed by atoms with Crippen LogP contribution in [0.5, 0.6) is 5.75 Å². The number of rotatable bonds is 9. The van der Waals surface area contributed by atoms with Gasteiger partial charge in [0.2, 0.25) is 0 Å². The third kappa shape index (κ3) is 6.33. The predicted molar refractivity (Wildman–Crippen MR) is 123 cm³/mol. The molecule has 3 fully saturated rings. The minimum Gasteiger partial charge on any atom is -0.490 e. The van der Waals surface area contributed by atoms with Gasteiger partial charge in [-0.25, -0.2) is 4.39 Å². The molecule has 2 aliphatic heterocycles. The Morgan fingerprint density at radius 1 is 1.22 bits per heavy atom. The lowest BCUT2D eigenvalue weighted by molar-refractivity contribution is 0.00246. The van der Waals surface area contributed by atoms with Crippen LogP contribution in [0.15, 0.2) is 23.2 Å². The van der Waals surface area contributed by atoms with Crippen LogP contribution in [-0.4, -0.2) is 76.6 Å². The van der Waals surface area contributed by atoms with E-state index in [1.165, 1.54) is 12.8 Å². The van der Waals surface area contributed by atoms with Gasteiger partial charge < -0.3 is 24.8 Å². The number of aliphatic imine (C=N–C) groups is 1. The van der Waals surface area contributed by atoms with Crippen molar-refractivity contribution < 1.29 is 18.6 Å². The highest BCUT2D eigenvalue weighted by atomic mass is 19.1. The van der Waals surface area contributed by atoms with Crippen LogP contribution >= 0.6 is 0 Å². The summed E-state index contributed by atoms with van der Waals surface area (Å²) < 4.78 is 31.3. The quantitative estimate of drug-likeness (QED) is 0.447. The van der Waals surface area contributed by atoms with Crippen LogP contribution in [0.3, 0.4) is 0 Å². The van der Waals surface area contributed by atoms with Gasteiger partial charge in [0.05, 0.1) is 32.5 Å². The summed E-state index contributed by atoms with van der Waals surface area (Å²) in [7, 11) is 1.76. The lowest BCUT2D eigenvalue weighted by Gasteiger charge is -2.37. The highest BCUT2D eigenvalue weighted by molar-refractivity contribution is 5.80. The zero-order valence-electron chi connectivity index (χ0n) is 19.3. The van der Waals surface area contributed by atoms with E-state index < -0.39 is 0 Å². The van der Waals surface area contributed by atoms with Gasteiger partial charge in [0.1, 0.15) is 0 Å². The topological polar surface area (TPSA) is 67.4 Å². The highest BCUT2D eigenvalue weighted by Gasteiger charge is 2.31. The Labute approximate surface area is 190 Å². The average molecular weight is 449 g/mol. The summed E-state index contributed by atoms with van der Waals surface area (Å²) in [5, 5.41) is 6.89. The molecule has 2 saturated heterocycles. The molecule has 0 radical (unpaired) electrons. The van der Waals surface area contributed by atoms with Crippen molar-refractivity contribution in [3.63, 3.8) is 0 Å². The monoisotopic (exact) mass is 448 g/mol. The number of guanidine groups is 1. The van der Waals surface area contributed by atoms with E-state index in [9.17, 15) is 4.39 Å². The van der Waals surface area contributed by atoms with Crippen LogP contribution in [0.25, 0.3) is 0 Å². The van der Waals surface area contributed by atoms with E-state index >= 15 is 0 Å². The molecule has 2 heterocycles. The number of ether oxygens (including phenoxy) is 3. The third-order valence-electron chi connectivity index (χ3n) is 6.71. The van der Waals surface area contributed by atoms with Crippen molar-refractivity contribution in [3.8, 4) is 5.75 Å². The third-order valence-corrected chi connectivity index (χ3v) is 6.71. The van der Waals surface area contributed by atoms with E-state index in [2.05, 4.69) is 20.5 Å². The summed E-state index contributed by atoms with van der Waals surface area (Å²) in [6.07, 6.45) is 3.46. The molecule has 0 spiro atoms. The average Bonchev–Trinajstić information content (AvgIpc) is 3.49. The van der Waals surface area contributed by atoms with Crippen molar-refractivity contribution >= 4 is 5.96 Å². The van der Waals surface area contributed by atoms with Gasteiger partial charge in [-0.05, 0) is 49.8 Å². The second kappa shape index (κ2) is 11.3. The Balaban J connectivity index is 1.32. The molecule has 8 heteroatoms. The Hall–Kier alpha value is -1.90. The van der Waals surface area contributed by atoms with Gasteiger partial charge in [-0.1, -0.05) is 6.07 Å². The van der Waals surface area contributed by atoms with Gasteiger partial charge in [0, 0.05) is 45.2 Å². The van der Waals surface area contributed by atoms with E-state index in [0.29, 0.717) is 36.2 Å². The molecule has 3 aliphatic rings. The SMILES string of the molecule is CN=C(NCC(C1CCOC1)N1CCOCC1)NC(C)c1ccc(OCC2CC2)c(F)c1. The number of halogens is 1. The molecule has 0 aromatic heterocycles. The zero-order chi connectivity index (χ0) is 22.3. The van der Waals surface area contributed by atoms with Crippen molar-refractivity contribution in [2.45, 2.75) is 38.3 Å². The highest BCUT2D eigenvalue weighted by Crippen LogP contribution is 2.30. The molecule has 32 heavy (non-hydrogen) atoms. The molecule has 0 amide bonds. The van der Waals surface area contributed by atoms with E-state index in [4.69, 9.17) is 14.2 Å². The Bertz CT molecular complexity index is 762. The molecule has 1 aliphatic carbocycles. The molecule has 1 aromatic carbocycles. The lowest BCUT2D eigenvalue weighted by atomic mass is 9.97. The first-order valence-corrected chi connectivity index (χ1v) is 11.9. The summed E-state index contributed by atoms with van der Waals surface area (Å²) >= 11 is 0. The molecule has 178 valence electrons. The van der Waals surface area contributed by atoms with E-state index in [1.807, 2.05) is 13.0 Å². The lowest BCUT2D eigenvalue weighted by Crippen LogP contribution is -2.53. The normalized spacial score (nSPS) is 24.2. The van der Waals surface area contributed by atoms with Crippen LogP contribution in [0.4, 0.5) is 4.39 Å². The predicted octanol–water partition coefficient (Wildman–Crippen LogP) is 2.58. The smallest absolute Gasteiger partial charge is 0.191 e. The van der Waals surface area contributed by atoms with Crippen LogP contribution < -0.4 is 15.4 Å². The first kappa shape index (κ1) is 23.3. The van der Waals surface area contributed by atoms with Crippen molar-refractivity contribution in [3.05, 3.63) is 29.6 Å². The summed E-state index contributed by atoms with van der Waals surface area (Å²) in [6, 6.07) is 5.48. The molecule has 3 atom stereocenters. The Kier molecular flexibility index (Phi) is 8.21. The van der Waals surface area contributed by atoms with Crippen molar-refractivity contribution in [2.24, 2.45) is 16.8 Å². The number of hydrogen-bond acceptors (Lipinski definition) is 5. The van der Waals surface area contributed by atoms with Crippen LogP contribution in [0.1, 0.15) is 37.8 Å². The first-order valence-electron chi connectivity index (χ1n) is 11.9. The maximum atomic E-state index is 14.5. The molecule has 4 rings (SSSR count). The number of nitrogens with one attached hydrogen (secondary N) is 2. The summed E-state index contributed by atoms with van der Waals surface area (Å²) in [4.78, 5) is 6.90. The minimum absolute atomic E-state index is 0.0927. The largest absolute Gasteiger partial charge is 0.490 e. The number of hydrogen-bond donors (Lipinski definition) is 2. The van der Waals surface area contributed by atoms with Crippen molar-refractivity contribution in [2.75, 3.05) is 59.7 Å². The zero-order valence-corrected chi connectivity index (χ0v) is 19.3. The number of nitrogens with zero attached hydrogens (tertiary/aromatic N) is 2. The minimum atomic E-state index is -0.312. The maximum absolute atomic E-state index is 14.5. The summed E-state index contributed by atoms with van der Waals surface area (Å²) in [6.45, 7) is 8.48. The van der Waals surface area contributed by atoms with Gasteiger partial charge in [0.25, 0.3) is 0 Å². The van der Waals surface area contributed by atoms with E-state index in [0.717, 1.165) is 58.0 Å². The number of morpholine rings is 1. The van der Waals surface area contributed by atoms with E-state index in [1.54, 1.807) is 19.2 Å². The molecule has 2 N–H and O–H groups in total. The summed E-state index contributed by atoms with van der Waals surface area (Å²) in [5.41, 5.74) is 0.859. The van der Waals surface area contributed by atoms with Gasteiger partial charge in [0.15, 0.2) is 17.5 Å². The molecule has 7 nitrogen and oxygen atoms in total. The fourth-order valence-corrected chi connectivity index (χ4v) is 4.44. The number of benzene rings is 1. The van der Waals surface area contributed by atoms with Gasteiger partial charge >= 0.3 is 0 Å².